The molecule has 1 N–H and O–H groups in total. The third-order valence-electron chi connectivity index (χ3n) is 3.06. The van der Waals surface area contributed by atoms with Gasteiger partial charge in [-0.25, -0.2) is 4.39 Å². The van der Waals surface area contributed by atoms with Gasteiger partial charge in [0.05, 0.1) is 6.10 Å². The first kappa shape index (κ1) is 11.4. The van der Waals surface area contributed by atoms with E-state index in [-0.39, 0.29) is 18.0 Å². The van der Waals surface area contributed by atoms with E-state index < -0.39 is 0 Å². The van der Waals surface area contributed by atoms with Crippen molar-refractivity contribution in [1.29, 1.82) is 0 Å². The van der Waals surface area contributed by atoms with Crippen LogP contribution in [0.3, 0.4) is 0 Å². The standard InChI is InChI=1S/C13H17FO2/c1-2-11(15)4-5-12-8-9-7-10(14)3-6-13(9)16-12/h3,6-7,11-12,15H,2,4-5,8H2,1H3. The van der Waals surface area contributed by atoms with Gasteiger partial charge in [-0.05, 0) is 37.5 Å². The lowest BCUT2D eigenvalue weighted by molar-refractivity contribution is 0.131. The maximum Gasteiger partial charge on any atom is 0.123 e. The summed E-state index contributed by atoms with van der Waals surface area (Å²) >= 11 is 0. The van der Waals surface area contributed by atoms with Crippen LogP contribution < -0.4 is 4.74 Å². The molecule has 2 nitrogen and oxygen atoms in total. The monoisotopic (exact) mass is 224 g/mol. The van der Waals surface area contributed by atoms with Gasteiger partial charge in [-0.2, -0.15) is 0 Å². The number of halogens is 1. The Labute approximate surface area is 95.1 Å². The lowest BCUT2D eigenvalue weighted by Crippen LogP contribution is -2.16. The van der Waals surface area contributed by atoms with E-state index in [0.29, 0.717) is 0 Å². The highest BCUT2D eigenvalue weighted by molar-refractivity contribution is 5.37. The van der Waals surface area contributed by atoms with E-state index in [1.165, 1.54) is 12.1 Å². The number of ether oxygens (including phenoxy) is 1. The van der Waals surface area contributed by atoms with E-state index in [4.69, 9.17) is 4.74 Å². The maximum absolute atomic E-state index is 13.0. The van der Waals surface area contributed by atoms with Gasteiger partial charge in [-0.1, -0.05) is 6.92 Å². The van der Waals surface area contributed by atoms with Crippen LogP contribution in [0.4, 0.5) is 4.39 Å². The highest BCUT2D eigenvalue weighted by Crippen LogP contribution is 2.31. The number of rotatable bonds is 4. The fourth-order valence-electron chi connectivity index (χ4n) is 2.03. The lowest BCUT2D eigenvalue weighted by atomic mass is 10.0. The Hall–Kier alpha value is -1.09. The van der Waals surface area contributed by atoms with Crippen molar-refractivity contribution in [2.24, 2.45) is 0 Å². The van der Waals surface area contributed by atoms with Gasteiger partial charge >= 0.3 is 0 Å². The molecule has 3 heteroatoms. The second-order valence-corrected chi connectivity index (χ2v) is 4.34. The molecule has 1 heterocycles. The summed E-state index contributed by atoms with van der Waals surface area (Å²) in [7, 11) is 0. The largest absolute Gasteiger partial charge is 0.490 e. The molecule has 1 aromatic rings. The number of aliphatic hydroxyl groups excluding tert-OH is 1. The summed E-state index contributed by atoms with van der Waals surface area (Å²) in [5, 5.41) is 9.46. The van der Waals surface area contributed by atoms with Crippen molar-refractivity contribution in [3.05, 3.63) is 29.6 Å². The molecule has 0 fully saturated rings. The second-order valence-electron chi connectivity index (χ2n) is 4.34. The molecule has 0 aliphatic carbocycles. The summed E-state index contributed by atoms with van der Waals surface area (Å²) in [6.45, 7) is 1.96. The van der Waals surface area contributed by atoms with Gasteiger partial charge in [0, 0.05) is 12.0 Å². The van der Waals surface area contributed by atoms with Crippen molar-refractivity contribution in [2.75, 3.05) is 0 Å². The van der Waals surface area contributed by atoms with Gasteiger partial charge in [-0.15, -0.1) is 0 Å². The minimum absolute atomic E-state index is 0.0954. The summed E-state index contributed by atoms with van der Waals surface area (Å²) < 4.78 is 18.6. The second kappa shape index (κ2) is 4.83. The molecule has 0 saturated heterocycles. The van der Waals surface area contributed by atoms with E-state index in [9.17, 15) is 9.50 Å². The van der Waals surface area contributed by atoms with Crippen molar-refractivity contribution in [1.82, 2.24) is 0 Å². The minimum atomic E-state index is -0.246. The van der Waals surface area contributed by atoms with Crippen molar-refractivity contribution >= 4 is 0 Å². The van der Waals surface area contributed by atoms with E-state index >= 15 is 0 Å². The molecule has 1 aliphatic rings. The van der Waals surface area contributed by atoms with Crippen LogP contribution in [0, 0.1) is 5.82 Å². The SMILES string of the molecule is CCC(O)CCC1Cc2cc(F)ccc2O1. The van der Waals surface area contributed by atoms with Crippen LogP contribution in [0.5, 0.6) is 5.75 Å². The predicted molar refractivity (Wildman–Crippen MR) is 60.1 cm³/mol. The normalized spacial score (nSPS) is 20.3. The zero-order valence-electron chi connectivity index (χ0n) is 9.45. The van der Waals surface area contributed by atoms with Crippen molar-refractivity contribution < 1.29 is 14.2 Å². The molecule has 0 saturated carbocycles. The molecule has 1 aromatic carbocycles. The maximum atomic E-state index is 13.0. The third-order valence-corrected chi connectivity index (χ3v) is 3.06. The Bertz CT molecular complexity index is 365. The zero-order valence-corrected chi connectivity index (χ0v) is 9.45. The van der Waals surface area contributed by atoms with Gasteiger partial charge in [0.2, 0.25) is 0 Å². The van der Waals surface area contributed by atoms with E-state index in [1.807, 2.05) is 6.92 Å². The molecule has 0 spiro atoms. The topological polar surface area (TPSA) is 29.5 Å². The first-order valence-electron chi connectivity index (χ1n) is 5.82. The van der Waals surface area contributed by atoms with E-state index in [0.717, 1.165) is 37.0 Å². The van der Waals surface area contributed by atoms with E-state index in [2.05, 4.69) is 0 Å². The van der Waals surface area contributed by atoms with Crippen LogP contribution in [0.15, 0.2) is 18.2 Å². The Kier molecular flexibility index (Phi) is 3.44. The zero-order chi connectivity index (χ0) is 11.5. The van der Waals surface area contributed by atoms with Gasteiger partial charge in [-0.3, -0.25) is 0 Å². The summed E-state index contributed by atoms with van der Waals surface area (Å²) in [5.41, 5.74) is 0.941. The number of fused-ring (bicyclic) bond motifs is 1. The lowest BCUT2D eigenvalue weighted by Gasteiger charge is -2.12. The molecule has 0 bridgehead atoms. The number of benzene rings is 1. The van der Waals surface area contributed by atoms with Crippen LogP contribution in [-0.4, -0.2) is 17.3 Å². The Morgan fingerprint density at radius 1 is 1.56 bits per heavy atom. The quantitative estimate of drug-likeness (QED) is 0.852. The molecule has 0 radical (unpaired) electrons. The molecule has 2 atom stereocenters. The van der Waals surface area contributed by atoms with Gasteiger partial charge in [0.1, 0.15) is 17.7 Å². The van der Waals surface area contributed by atoms with Crippen LogP contribution >= 0.6 is 0 Å². The first-order valence-corrected chi connectivity index (χ1v) is 5.82. The third kappa shape index (κ3) is 2.53. The molecular formula is C13H17FO2. The predicted octanol–water partition coefficient (Wildman–Crippen LogP) is 2.68. The van der Waals surface area contributed by atoms with Crippen molar-refractivity contribution in [3.63, 3.8) is 0 Å². The van der Waals surface area contributed by atoms with Gasteiger partial charge < -0.3 is 9.84 Å². The summed E-state index contributed by atoms with van der Waals surface area (Å²) in [4.78, 5) is 0. The molecule has 88 valence electrons. The van der Waals surface area contributed by atoms with Crippen LogP contribution in [0.1, 0.15) is 31.7 Å². The molecule has 0 aromatic heterocycles. The van der Waals surface area contributed by atoms with Gasteiger partial charge in [0.15, 0.2) is 0 Å². The number of aliphatic hydroxyl groups is 1. The van der Waals surface area contributed by atoms with Crippen molar-refractivity contribution in [3.8, 4) is 5.75 Å². The molecular weight excluding hydrogens is 207 g/mol. The Morgan fingerprint density at radius 3 is 3.12 bits per heavy atom. The number of hydrogen-bond acceptors (Lipinski definition) is 2. The fraction of sp³-hybridized carbons (Fsp3) is 0.538. The summed E-state index contributed by atoms with van der Waals surface area (Å²) in [5.74, 6) is 0.578. The summed E-state index contributed by atoms with van der Waals surface area (Å²) in [6, 6.07) is 4.63. The fourth-order valence-corrected chi connectivity index (χ4v) is 2.03. The van der Waals surface area contributed by atoms with Crippen LogP contribution in [0.2, 0.25) is 0 Å². The smallest absolute Gasteiger partial charge is 0.123 e. The average Bonchev–Trinajstić information content (AvgIpc) is 2.67. The first-order chi connectivity index (χ1) is 7.69. The molecule has 16 heavy (non-hydrogen) atoms. The summed E-state index contributed by atoms with van der Waals surface area (Å²) in [6.07, 6.45) is 2.95. The van der Waals surface area contributed by atoms with Crippen LogP contribution in [-0.2, 0) is 6.42 Å². The average molecular weight is 224 g/mol. The molecule has 1 aliphatic heterocycles. The van der Waals surface area contributed by atoms with E-state index in [1.54, 1.807) is 6.07 Å². The molecule has 0 amide bonds. The number of hydrogen-bond donors (Lipinski definition) is 1. The van der Waals surface area contributed by atoms with Crippen LogP contribution in [0.25, 0.3) is 0 Å². The highest BCUT2D eigenvalue weighted by Gasteiger charge is 2.23. The minimum Gasteiger partial charge on any atom is -0.490 e. The molecule has 2 unspecified atom stereocenters. The van der Waals surface area contributed by atoms with Crippen molar-refractivity contribution in [2.45, 2.75) is 44.8 Å². The molecule has 2 rings (SSSR count). The highest BCUT2D eigenvalue weighted by atomic mass is 19.1. The van der Waals surface area contributed by atoms with Gasteiger partial charge in [0.25, 0.3) is 0 Å². The Balaban J connectivity index is 1.90. The Morgan fingerprint density at radius 2 is 2.38 bits per heavy atom.